The zero-order chi connectivity index (χ0) is 11.4. The van der Waals surface area contributed by atoms with Gasteiger partial charge in [0, 0.05) is 6.54 Å². The van der Waals surface area contributed by atoms with E-state index in [1.54, 1.807) is 5.32 Å². The molecular weight excluding hydrogens is 210 g/mol. The van der Waals surface area contributed by atoms with Crippen molar-refractivity contribution in [1.82, 2.24) is 5.32 Å². The number of nitrogens with one attached hydrogen (secondary N) is 1. The summed E-state index contributed by atoms with van der Waals surface area (Å²) in [5.74, 6) is -1.73. The van der Waals surface area contributed by atoms with Crippen molar-refractivity contribution in [2.24, 2.45) is 11.5 Å². The van der Waals surface area contributed by atoms with Gasteiger partial charge >= 0.3 is 6.03 Å². The summed E-state index contributed by atoms with van der Waals surface area (Å²) >= 11 is 0. The molecular formula is C6H13N3O4S. The van der Waals surface area contributed by atoms with E-state index in [-0.39, 0.29) is 6.54 Å². The Balaban J connectivity index is 4.38. The maximum atomic E-state index is 11.3. The molecule has 0 radical (unpaired) electrons. The highest BCUT2D eigenvalue weighted by Gasteiger charge is 2.23. The fourth-order valence-electron chi connectivity index (χ4n) is 0.645. The second kappa shape index (κ2) is 4.91. The van der Waals surface area contributed by atoms with Crippen molar-refractivity contribution in [2.75, 3.05) is 12.3 Å². The highest BCUT2D eigenvalue weighted by molar-refractivity contribution is 7.92. The maximum Gasteiger partial charge on any atom is 0.318 e. The molecule has 82 valence electrons. The number of carbonyl (C=O) groups excluding carboxylic acids is 2. The Morgan fingerprint density at radius 3 is 2.29 bits per heavy atom. The Labute approximate surface area is 81.7 Å². The van der Waals surface area contributed by atoms with Gasteiger partial charge in [-0.25, -0.2) is 13.2 Å². The van der Waals surface area contributed by atoms with Crippen LogP contribution in [0.1, 0.15) is 6.92 Å². The molecule has 0 heterocycles. The van der Waals surface area contributed by atoms with E-state index in [4.69, 9.17) is 5.73 Å². The number of amides is 3. The van der Waals surface area contributed by atoms with Crippen LogP contribution in [0, 0.1) is 0 Å². The first-order valence-corrected chi connectivity index (χ1v) is 5.52. The van der Waals surface area contributed by atoms with Crippen LogP contribution in [-0.4, -0.2) is 37.9 Å². The first-order chi connectivity index (χ1) is 6.29. The average Bonchev–Trinajstić information content (AvgIpc) is 1.99. The number of rotatable bonds is 4. The summed E-state index contributed by atoms with van der Waals surface area (Å²) in [6.07, 6.45) is 0. The number of urea groups is 1. The fraction of sp³-hybridized carbons (Fsp3) is 0.667. The van der Waals surface area contributed by atoms with Gasteiger partial charge in [-0.1, -0.05) is 0 Å². The third-order valence-corrected chi connectivity index (χ3v) is 3.62. The van der Waals surface area contributed by atoms with Gasteiger partial charge in [-0.15, -0.1) is 0 Å². The first kappa shape index (κ1) is 12.8. The largest absolute Gasteiger partial charge is 0.351 e. The molecule has 8 heteroatoms. The van der Waals surface area contributed by atoms with Crippen LogP contribution >= 0.6 is 0 Å². The molecule has 0 aromatic carbocycles. The average molecular weight is 223 g/mol. The smallest absolute Gasteiger partial charge is 0.318 e. The predicted molar refractivity (Wildman–Crippen MR) is 50.0 cm³/mol. The van der Waals surface area contributed by atoms with Crippen LogP contribution in [0.2, 0.25) is 0 Å². The predicted octanol–water partition coefficient (Wildman–Crippen LogP) is -2.06. The summed E-state index contributed by atoms with van der Waals surface area (Å²) in [5, 5.41) is 0.839. The quantitative estimate of drug-likeness (QED) is 0.504. The molecule has 3 amide bonds. The fourth-order valence-corrected chi connectivity index (χ4v) is 1.66. The summed E-state index contributed by atoms with van der Waals surface area (Å²) in [4.78, 5) is 21.1. The lowest BCUT2D eigenvalue weighted by molar-refractivity contribution is -0.117. The molecule has 0 saturated carbocycles. The molecule has 0 aliphatic heterocycles. The van der Waals surface area contributed by atoms with E-state index in [1.807, 2.05) is 0 Å². The molecule has 0 rings (SSSR count). The lowest BCUT2D eigenvalue weighted by atomic mass is 10.5. The number of nitrogens with two attached hydrogens (primary N) is 2. The maximum absolute atomic E-state index is 11.3. The molecule has 0 spiro atoms. The summed E-state index contributed by atoms with van der Waals surface area (Å²) in [7, 11) is -3.60. The lowest BCUT2D eigenvalue weighted by Crippen LogP contribution is -2.41. The second-order valence-corrected chi connectivity index (χ2v) is 5.19. The first-order valence-electron chi connectivity index (χ1n) is 3.80. The van der Waals surface area contributed by atoms with Crippen LogP contribution in [0.5, 0.6) is 0 Å². The number of hydrogen-bond donors (Lipinski definition) is 3. The van der Waals surface area contributed by atoms with E-state index in [0.29, 0.717) is 0 Å². The Kier molecular flexibility index (Phi) is 4.51. The van der Waals surface area contributed by atoms with Crippen molar-refractivity contribution >= 4 is 21.8 Å². The van der Waals surface area contributed by atoms with E-state index >= 15 is 0 Å². The van der Waals surface area contributed by atoms with Gasteiger partial charge in [0.15, 0.2) is 9.84 Å². The van der Waals surface area contributed by atoms with E-state index in [1.165, 1.54) is 6.92 Å². The zero-order valence-corrected chi connectivity index (χ0v) is 8.50. The van der Waals surface area contributed by atoms with Gasteiger partial charge in [0.25, 0.3) is 0 Å². The molecule has 14 heavy (non-hydrogen) atoms. The van der Waals surface area contributed by atoms with Crippen LogP contribution in [0.15, 0.2) is 0 Å². The third-order valence-electron chi connectivity index (χ3n) is 1.54. The second-order valence-electron chi connectivity index (χ2n) is 2.77. The molecule has 0 aliphatic rings. The van der Waals surface area contributed by atoms with Gasteiger partial charge in [0.1, 0.15) is 5.75 Å². The topological polar surface area (TPSA) is 132 Å². The third kappa shape index (κ3) is 4.19. The van der Waals surface area contributed by atoms with E-state index < -0.39 is 32.8 Å². The zero-order valence-electron chi connectivity index (χ0n) is 7.69. The standard InChI is InChI=1S/C6H13N3O4S/c1-4(2-7)14(12,13)3-5(10)9-6(8)11/h4H,2-3,7H2,1H3,(H3,8,9,10,11). The van der Waals surface area contributed by atoms with E-state index in [2.05, 4.69) is 5.73 Å². The van der Waals surface area contributed by atoms with Crippen molar-refractivity contribution in [1.29, 1.82) is 0 Å². The van der Waals surface area contributed by atoms with Gasteiger partial charge in [0.05, 0.1) is 5.25 Å². The van der Waals surface area contributed by atoms with Crippen LogP contribution < -0.4 is 16.8 Å². The summed E-state index contributed by atoms with van der Waals surface area (Å²) in [6, 6.07) is -1.08. The minimum absolute atomic E-state index is 0.0772. The normalized spacial score (nSPS) is 13.3. The van der Waals surface area contributed by atoms with Gasteiger partial charge < -0.3 is 11.5 Å². The number of carbonyl (C=O) groups is 2. The minimum Gasteiger partial charge on any atom is -0.351 e. The minimum atomic E-state index is -3.60. The molecule has 0 aromatic heterocycles. The van der Waals surface area contributed by atoms with Crippen molar-refractivity contribution < 1.29 is 18.0 Å². The van der Waals surface area contributed by atoms with Crippen molar-refractivity contribution in [2.45, 2.75) is 12.2 Å². The van der Waals surface area contributed by atoms with Crippen LogP contribution in [0.4, 0.5) is 4.79 Å². The van der Waals surface area contributed by atoms with Crippen molar-refractivity contribution in [3.05, 3.63) is 0 Å². The Hall–Kier alpha value is -1.15. The van der Waals surface area contributed by atoms with E-state index in [0.717, 1.165) is 0 Å². The molecule has 5 N–H and O–H groups in total. The number of primary amides is 1. The molecule has 0 aromatic rings. The SMILES string of the molecule is CC(CN)S(=O)(=O)CC(=O)NC(N)=O. The molecule has 0 fully saturated rings. The molecule has 0 saturated heterocycles. The molecule has 7 nitrogen and oxygen atoms in total. The monoisotopic (exact) mass is 223 g/mol. The van der Waals surface area contributed by atoms with Gasteiger partial charge in [0.2, 0.25) is 5.91 Å². The van der Waals surface area contributed by atoms with E-state index in [9.17, 15) is 18.0 Å². The molecule has 0 bridgehead atoms. The van der Waals surface area contributed by atoms with Crippen LogP contribution in [0.3, 0.4) is 0 Å². The van der Waals surface area contributed by atoms with Gasteiger partial charge in [-0.05, 0) is 6.92 Å². The number of sulfone groups is 1. The van der Waals surface area contributed by atoms with Gasteiger partial charge in [-0.2, -0.15) is 0 Å². The summed E-state index contributed by atoms with van der Waals surface area (Å²) in [5.41, 5.74) is 9.76. The summed E-state index contributed by atoms with van der Waals surface area (Å²) < 4.78 is 22.5. The lowest BCUT2D eigenvalue weighted by Gasteiger charge is -2.09. The van der Waals surface area contributed by atoms with Crippen molar-refractivity contribution in [3.63, 3.8) is 0 Å². The Morgan fingerprint density at radius 1 is 1.43 bits per heavy atom. The summed E-state index contributed by atoms with van der Waals surface area (Å²) in [6.45, 7) is 1.30. The Bertz CT molecular complexity index is 324. The molecule has 1 unspecified atom stereocenters. The highest BCUT2D eigenvalue weighted by Crippen LogP contribution is 1.99. The van der Waals surface area contributed by atoms with Gasteiger partial charge in [-0.3, -0.25) is 10.1 Å². The number of imide groups is 1. The Morgan fingerprint density at radius 2 is 1.93 bits per heavy atom. The van der Waals surface area contributed by atoms with Crippen molar-refractivity contribution in [3.8, 4) is 0 Å². The van der Waals surface area contributed by atoms with Crippen LogP contribution in [-0.2, 0) is 14.6 Å². The highest BCUT2D eigenvalue weighted by atomic mass is 32.2. The molecule has 0 aliphatic carbocycles. The number of hydrogen-bond acceptors (Lipinski definition) is 5. The van der Waals surface area contributed by atoms with Crippen LogP contribution in [0.25, 0.3) is 0 Å². The molecule has 1 atom stereocenters.